The number of aliphatic hydroxyl groups is 1. The summed E-state index contributed by atoms with van der Waals surface area (Å²) in [5.41, 5.74) is 0.983. The zero-order chi connectivity index (χ0) is 31.4. The summed E-state index contributed by atoms with van der Waals surface area (Å²) in [6.07, 6.45) is 1.29. The number of piperidine rings is 1. The molecular weight excluding hydrogens is 570 g/mol. The fraction of sp³-hybridized carbons (Fsp3) is 0.485. The molecule has 3 N–H and O–H groups in total. The topological polar surface area (TPSA) is 117 Å². The van der Waals surface area contributed by atoms with Crippen molar-refractivity contribution in [3.8, 4) is 17.0 Å². The van der Waals surface area contributed by atoms with Gasteiger partial charge in [0.05, 0.1) is 24.3 Å². The minimum absolute atomic E-state index is 0.0185. The van der Waals surface area contributed by atoms with Gasteiger partial charge in [0.15, 0.2) is 5.76 Å². The Morgan fingerprint density at radius 2 is 1.80 bits per heavy atom. The van der Waals surface area contributed by atoms with Gasteiger partial charge in [-0.1, -0.05) is 44.2 Å². The van der Waals surface area contributed by atoms with Crippen LogP contribution in [-0.4, -0.2) is 65.4 Å². The van der Waals surface area contributed by atoms with Crippen LogP contribution in [0.3, 0.4) is 0 Å². The lowest BCUT2D eigenvalue weighted by Crippen LogP contribution is -2.48. The highest BCUT2D eigenvalue weighted by Gasteiger charge is 2.43. The van der Waals surface area contributed by atoms with Crippen molar-refractivity contribution >= 4 is 11.8 Å². The van der Waals surface area contributed by atoms with Gasteiger partial charge < -0.3 is 29.9 Å². The molecule has 2 aliphatic rings. The minimum Gasteiger partial charge on any atom is -0.475 e. The average molecular weight is 611 g/mol. The number of aromatic nitrogens is 1. The van der Waals surface area contributed by atoms with E-state index in [0.717, 1.165) is 25.9 Å². The van der Waals surface area contributed by atoms with E-state index in [0.29, 0.717) is 35.3 Å². The highest BCUT2D eigenvalue weighted by atomic mass is 19.1. The molecule has 3 heterocycles. The summed E-state index contributed by atoms with van der Waals surface area (Å²) in [6.45, 7) is 8.02. The summed E-state index contributed by atoms with van der Waals surface area (Å²) < 4.78 is 39.9. The SMILES string of the molecule is CC(C)[C@@H](C(=O)N1CC(O)CC1C(=O)N[C@@H](C)c1ccc(-c2c(F)cccc2F)cc1)c1cc(OCC2CCNCC2)no1. The predicted octanol–water partition coefficient (Wildman–Crippen LogP) is 4.58. The maximum Gasteiger partial charge on any atom is 0.254 e. The number of ether oxygens (including phenoxy) is 1. The number of carbonyl (C=O) groups is 2. The molecule has 2 aromatic carbocycles. The molecule has 0 spiro atoms. The van der Waals surface area contributed by atoms with Crippen molar-refractivity contribution in [3.05, 3.63) is 71.5 Å². The molecule has 0 aliphatic carbocycles. The summed E-state index contributed by atoms with van der Waals surface area (Å²) in [5, 5.41) is 20.8. The summed E-state index contributed by atoms with van der Waals surface area (Å²) in [7, 11) is 0. The van der Waals surface area contributed by atoms with Crippen LogP contribution in [0.25, 0.3) is 11.1 Å². The normalized spacial score (nSPS) is 20.5. The highest BCUT2D eigenvalue weighted by Crippen LogP contribution is 2.33. The molecule has 0 saturated carbocycles. The number of halogens is 2. The standard InChI is InChI=1S/C33H40F2N4O5/c1-19(2)30(28-16-29(38-44-28)43-18-21-11-13-36-14-12-21)33(42)39-17-24(40)15-27(39)32(41)37-20(3)22-7-9-23(10-8-22)31-25(34)5-4-6-26(31)35/h4-10,16,19-21,24,27,30,36,40H,11-15,17-18H2,1-3H3,(H,37,41)/t20-,24?,27?,30+/m0/s1. The van der Waals surface area contributed by atoms with Crippen molar-refractivity contribution in [1.29, 1.82) is 0 Å². The molecule has 11 heteroatoms. The largest absolute Gasteiger partial charge is 0.475 e. The van der Waals surface area contributed by atoms with Crippen molar-refractivity contribution in [2.24, 2.45) is 11.8 Å². The first-order valence-corrected chi connectivity index (χ1v) is 15.3. The van der Waals surface area contributed by atoms with Crippen molar-refractivity contribution in [2.75, 3.05) is 26.2 Å². The van der Waals surface area contributed by atoms with Crippen LogP contribution in [0.1, 0.15) is 63.3 Å². The number of β-amino-alcohol motifs (C(OH)–C–C–N with tert-alkyl or cyclic N) is 1. The summed E-state index contributed by atoms with van der Waals surface area (Å²) in [5.74, 6) is -1.84. The van der Waals surface area contributed by atoms with Crippen LogP contribution < -0.4 is 15.4 Å². The van der Waals surface area contributed by atoms with Crippen LogP contribution in [0.15, 0.2) is 53.1 Å². The Balaban J connectivity index is 1.25. The molecule has 4 atom stereocenters. The Morgan fingerprint density at radius 3 is 2.45 bits per heavy atom. The van der Waals surface area contributed by atoms with Gasteiger partial charge in [0.25, 0.3) is 5.88 Å². The molecule has 0 bridgehead atoms. The Labute approximate surface area is 255 Å². The van der Waals surface area contributed by atoms with Gasteiger partial charge in [0.1, 0.15) is 23.6 Å². The Morgan fingerprint density at radius 1 is 1.11 bits per heavy atom. The van der Waals surface area contributed by atoms with Crippen molar-refractivity contribution in [3.63, 3.8) is 0 Å². The second-order valence-corrected chi connectivity index (χ2v) is 12.1. The second-order valence-electron chi connectivity index (χ2n) is 12.1. The summed E-state index contributed by atoms with van der Waals surface area (Å²) >= 11 is 0. The first-order valence-electron chi connectivity index (χ1n) is 15.3. The van der Waals surface area contributed by atoms with Crippen LogP contribution in [-0.2, 0) is 9.59 Å². The van der Waals surface area contributed by atoms with E-state index >= 15 is 0 Å². The quantitative estimate of drug-likeness (QED) is 0.308. The van der Waals surface area contributed by atoms with E-state index < -0.39 is 41.6 Å². The summed E-state index contributed by atoms with van der Waals surface area (Å²) in [6, 6.07) is 10.6. The Bertz CT molecular complexity index is 1420. The first-order chi connectivity index (χ1) is 21.1. The predicted molar refractivity (Wildman–Crippen MR) is 160 cm³/mol. The molecule has 1 aromatic heterocycles. The molecule has 2 unspecified atom stereocenters. The van der Waals surface area contributed by atoms with Gasteiger partial charge in [0.2, 0.25) is 11.8 Å². The van der Waals surface area contributed by atoms with E-state index in [-0.39, 0.29) is 30.4 Å². The fourth-order valence-corrected chi connectivity index (χ4v) is 6.06. The molecule has 2 fully saturated rings. The number of rotatable bonds is 10. The van der Waals surface area contributed by atoms with E-state index in [2.05, 4.69) is 15.8 Å². The van der Waals surface area contributed by atoms with Crippen LogP contribution >= 0.6 is 0 Å². The van der Waals surface area contributed by atoms with Crippen LogP contribution in [0.2, 0.25) is 0 Å². The summed E-state index contributed by atoms with van der Waals surface area (Å²) in [4.78, 5) is 28.8. The molecule has 2 aliphatic heterocycles. The Kier molecular flexibility index (Phi) is 9.95. The van der Waals surface area contributed by atoms with Gasteiger partial charge in [-0.3, -0.25) is 9.59 Å². The van der Waals surface area contributed by atoms with Crippen molar-refractivity contribution in [1.82, 2.24) is 20.7 Å². The van der Waals surface area contributed by atoms with E-state index in [9.17, 15) is 23.5 Å². The number of benzene rings is 2. The van der Waals surface area contributed by atoms with Crippen LogP contribution in [0.4, 0.5) is 8.78 Å². The fourth-order valence-electron chi connectivity index (χ4n) is 6.06. The number of likely N-dealkylation sites (tertiary alicyclic amines) is 1. The zero-order valence-corrected chi connectivity index (χ0v) is 25.3. The van der Waals surface area contributed by atoms with E-state index in [1.807, 2.05) is 13.8 Å². The minimum atomic E-state index is -0.883. The molecule has 2 saturated heterocycles. The smallest absolute Gasteiger partial charge is 0.254 e. The number of hydrogen-bond acceptors (Lipinski definition) is 7. The number of nitrogens with zero attached hydrogens (tertiary/aromatic N) is 2. The number of hydrogen-bond donors (Lipinski definition) is 3. The molecule has 44 heavy (non-hydrogen) atoms. The molecule has 236 valence electrons. The highest BCUT2D eigenvalue weighted by molar-refractivity contribution is 5.91. The molecular formula is C33H40F2N4O5. The Hall–Kier alpha value is -3.83. The third-order valence-electron chi connectivity index (χ3n) is 8.56. The molecule has 3 aromatic rings. The van der Waals surface area contributed by atoms with Gasteiger partial charge in [-0.2, -0.15) is 0 Å². The van der Waals surface area contributed by atoms with Gasteiger partial charge >= 0.3 is 0 Å². The number of amides is 2. The lowest BCUT2D eigenvalue weighted by Gasteiger charge is -2.29. The van der Waals surface area contributed by atoms with Gasteiger partial charge in [-0.25, -0.2) is 8.78 Å². The van der Waals surface area contributed by atoms with Gasteiger partial charge in [-0.05, 0) is 73.1 Å². The number of aliphatic hydroxyl groups excluding tert-OH is 1. The third kappa shape index (κ3) is 7.10. The van der Waals surface area contributed by atoms with E-state index in [1.54, 1.807) is 37.3 Å². The molecule has 5 rings (SSSR count). The maximum absolute atomic E-state index is 14.2. The third-order valence-corrected chi connectivity index (χ3v) is 8.56. The molecule has 0 radical (unpaired) electrons. The first kappa shape index (κ1) is 31.6. The lowest BCUT2D eigenvalue weighted by molar-refractivity contribution is -0.141. The van der Waals surface area contributed by atoms with Gasteiger partial charge in [-0.15, -0.1) is 0 Å². The second kappa shape index (κ2) is 13.9. The van der Waals surface area contributed by atoms with Crippen molar-refractivity contribution < 1.29 is 32.7 Å². The zero-order valence-electron chi connectivity index (χ0n) is 25.3. The van der Waals surface area contributed by atoms with Gasteiger partial charge in [0, 0.05) is 19.0 Å². The van der Waals surface area contributed by atoms with Crippen LogP contribution in [0.5, 0.6) is 5.88 Å². The lowest BCUT2D eigenvalue weighted by atomic mass is 9.91. The van der Waals surface area contributed by atoms with E-state index in [1.165, 1.54) is 23.1 Å². The maximum atomic E-state index is 14.2. The number of carbonyl (C=O) groups excluding carboxylic acids is 2. The van der Waals surface area contributed by atoms with E-state index in [4.69, 9.17) is 9.26 Å². The van der Waals surface area contributed by atoms with Crippen molar-refractivity contribution in [2.45, 2.75) is 64.1 Å². The molecule has 2 amide bonds. The number of nitrogens with one attached hydrogen (secondary N) is 2. The average Bonchev–Trinajstić information content (AvgIpc) is 3.63. The monoisotopic (exact) mass is 610 g/mol. The molecule has 9 nitrogen and oxygen atoms in total. The van der Waals surface area contributed by atoms with Crippen LogP contribution in [0, 0.1) is 23.5 Å².